The zero-order chi connectivity index (χ0) is 17.8. The maximum atomic E-state index is 2.40. The largest absolute Gasteiger partial charge is 0.135 e. The van der Waals surface area contributed by atoms with E-state index in [4.69, 9.17) is 0 Å². The van der Waals surface area contributed by atoms with Gasteiger partial charge in [0, 0.05) is 20.2 Å². The van der Waals surface area contributed by atoms with Gasteiger partial charge in [0.25, 0.3) is 0 Å². The molecule has 0 aliphatic rings. The van der Waals surface area contributed by atoms with Gasteiger partial charge in [-0.05, 0) is 42.2 Å². The fraction of sp³-hybridized carbons (Fsp3) is 0.217. The number of hydrogen-bond donors (Lipinski definition) is 0. The van der Waals surface area contributed by atoms with E-state index in [0.717, 1.165) is 0 Å². The molecule has 0 radical (unpaired) electrons. The third-order valence-electron chi connectivity index (χ3n) is 5.24. The third-order valence-corrected chi connectivity index (χ3v) is 8.60. The second-order valence-corrected chi connectivity index (χ2v) is 14.2. The fourth-order valence-electron chi connectivity index (χ4n) is 3.42. The molecule has 3 aromatic carbocycles. The summed E-state index contributed by atoms with van der Waals surface area (Å²) in [6.07, 6.45) is 0. The molecule has 0 saturated heterocycles. The fourth-order valence-corrected chi connectivity index (χ4v) is 5.88. The Hall–Kier alpha value is -1.90. The van der Waals surface area contributed by atoms with Crippen LogP contribution in [0.1, 0.15) is 11.1 Å². The van der Waals surface area contributed by atoms with Gasteiger partial charge in [-0.3, -0.25) is 0 Å². The lowest BCUT2D eigenvalue weighted by Gasteiger charge is -2.16. The molecule has 0 atom stereocenters. The van der Waals surface area contributed by atoms with Gasteiger partial charge >= 0.3 is 0 Å². The first-order valence-corrected chi connectivity index (χ1v) is 13.2. The molecular weight excluding hydrogens is 336 g/mol. The number of benzene rings is 3. The Balaban J connectivity index is 1.84. The van der Waals surface area contributed by atoms with Crippen LogP contribution < -0.4 is 5.19 Å². The van der Waals surface area contributed by atoms with Crippen molar-refractivity contribution in [3.8, 4) is 11.1 Å². The molecule has 0 fully saturated rings. The van der Waals surface area contributed by atoms with Crippen LogP contribution in [0.25, 0.3) is 31.3 Å². The zero-order valence-electron chi connectivity index (χ0n) is 15.6. The van der Waals surface area contributed by atoms with E-state index >= 15 is 0 Å². The van der Waals surface area contributed by atoms with Crippen molar-refractivity contribution in [3.05, 3.63) is 65.7 Å². The second kappa shape index (κ2) is 5.82. The van der Waals surface area contributed by atoms with Crippen LogP contribution in [-0.2, 0) is 0 Å². The van der Waals surface area contributed by atoms with Crippen molar-refractivity contribution in [3.63, 3.8) is 0 Å². The first-order valence-electron chi connectivity index (χ1n) is 8.88. The topological polar surface area (TPSA) is 0 Å². The van der Waals surface area contributed by atoms with Gasteiger partial charge < -0.3 is 0 Å². The molecule has 0 bridgehead atoms. The Labute approximate surface area is 155 Å². The lowest BCUT2D eigenvalue weighted by atomic mass is 10.0. The van der Waals surface area contributed by atoms with Crippen LogP contribution in [0.15, 0.2) is 54.6 Å². The molecule has 2 heteroatoms. The standard InChI is InChI=1S/C23H24SSi/c1-15-6-12-21-20-13-9-18(14-22(20)24-23(21)16(15)2)17-7-10-19(11-8-17)25(3,4)5/h6-14H,1-5H3. The van der Waals surface area contributed by atoms with Gasteiger partial charge in [-0.25, -0.2) is 0 Å². The van der Waals surface area contributed by atoms with E-state index in [1.807, 2.05) is 11.3 Å². The Morgan fingerprint density at radius 3 is 2.04 bits per heavy atom. The molecule has 0 amide bonds. The van der Waals surface area contributed by atoms with Gasteiger partial charge in [-0.2, -0.15) is 0 Å². The van der Waals surface area contributed by atoms with Crippen molar-refractivity contribution in [2.24, 2.45) is 0 Å². The molecule has 1 aromatic heterocycles. The summed E-state index contributed by atoms with van der Waals surface area (Å²) in [6.45, 7) is 11.6. The number of aryl methyl sites for hydroxylation is 2. The van der Waals surface area contributed by atoms with Crippen molar-refractivity contribution in [1.82, 2.24) is 0 Å². The van der Waals surface area contributed by atoms with Crippen LogP contribution in [0.3, 0.4) is 0 Å². The summed E-state index contributed by atoms with van der Waals surface area (Å²) in [4.78, 5) is 0. The lowest BCUT2D eigenvalue weighted by Crippen LogP contribution is -2.37. The van der Waals surface area contributed by atoms with E-state index in [1.54, 1.807) is 0 Å². The van der Waals surface area contributed by atoms with Gasteiger partial charge in [-0.15, -0.1) is 11.3 Å². The molecule has 25 heavy (non-hydrogen) atoms. The molecule has 0 unspecified atom stereocenters. The maximum absolute atomic E-state index is 2.40. The van der Waals surface area contributed by atoms with E-state index in [-0.39, 0.29) is 0 Å². The summed E-state index contributed by atoms with van der Waals surface area (Å²) in [5.41, 5.74) is 5.42. The van der Waals surface area contributed by atoms with Crippen LogP contribution >= 0.6 is 11.3 Å². The number of fused-ring (bicyclic) bond motifs is 3. The van der Waals surface area contributed by atoms with E-state index in [2.05, 4.69) is 88.1 Å². The Bertz CT molecular complexity index is 1080. The zero-order valence-corrected chi connectivity index (χ0v) is 17.4. The molecule has 0 aliphatic carbocycles. The van der Waals surface area contributed by atoms with Crippen LogP contribution in [0.2, 0.25) is 19.6 Å². The van der Waals surface area contributed by atoms with Crippen molar-refractivity contribution in [2.75, 3.05) is 0 Å². The molecule has 1 heterocycles. The van der Waals surface area contributed by atoms with Gasteiger partial charge in [0.1, 0.15) is 0 Å². The smallest absolute Gasteiger partial charge is 0.0775 e. The first kappa shape index (κ1) is 16.6. The van der Waals surface area contributed by atoms with Crippen LogP contribution in [0, 0.1) is 13.8 Å². The van der Waals surface area contributed by atoms with Crippen LogP contribution in [0.5, 0.6) is 0 Å². The average Bonchev–Trinajstić information content (AvgIpc) is 2.96. The highest BCUT2D eigenvalue weighted by Gasteiger charge is 2.16. The predicted molar refractivity (Wildman–Crippen MR) is 117 cm³/mol. The summed E-state index contributed by atoms with van der Waals surface area (Å²) < 4.78 is 2.82. The summed E-state index contributed by atoms with van der Waals surface area (Å²) in [7, 11) is -1.23. The van der Waals surface area contributed by atoms with Crippen LogP contribution in [0.4, 0.5) is 0 Å². The molecule has 0 spiro atoms. The maximum Gasteiger partial charge on any atom is 0.0775 e. The third kappa shape index (κ3) is 2.84. The Kier molecular flexibility index (Phi) is 3.86. The molecule has 0 saturated carbocycles. The Morgan fingerprint density at radius 1 is 0.720 bits per heavy atom. The van der Waals surface area contributed by atoms with Crippen LogP contribution in [-0.4, -0.2) is 8.07 Å². The summed E-state index contributed by atoms with van der Waals surface area (Å²) in [5.74, 6) is 0. The molecule has 4 rings (SSSR count). The predicted octanol–water partition coefficient (Wildman–Crippen LogP) is 6.88. The highest BCUT2D eigenvalue weighted by molar-refractivity contribution is 7.26. The van der Waals surface area contributed by atoms with Crippen molar-refractivity contribution >= 4 is 44.8 Å². The van der Waals surface area contributed by atoms with E-state index in [9.17, 15) is 0 Å². The molecule has 0 N–H and O–H groups in total. The summed E-state index contributed by atoms with van der Waals surface area (Å²) >= 11 is 1.93. The number of rotatable bonds is 2. The molecule has 4 aromatic rings. The molecule has 0 aliphatic heterocycles. The number of hydrogen-bond acceptors (Lipinski definition) is 1. The second-order valence-electron chi connectivity index (χ2n) is 8.02. The van der Waals surface area contributed by atoms with Gasteiger partial charge in [0.05, 0.1) is 8.07 Å². The Morgan fingerprint density at radius 2 is 1.36 bits per heavy atom. The summed E-state index contributed by atoms with van der Waals surface area (Å²) in [6, 6.07) is 20.7. The minimum Gasteiger partial charge on any atom is -0.135 e. The van der Waals surface area contributed by atoms with Crippen molar-refractivity contribution < 1.29 is 0 Å². The van der Waals surface area contributed by atoms with Gasteiger partial charge in [0.15, 0.2) is 0 Å². The average molecular weight is 361 g/mol. The summed E-state index contributed by atoms with van der Waals surface area (Å²) in [5, 5.41) is 4.29. The number of thiophene rings is 1. The molecular formula is C23H24SSi. The first-order chi connectivity index (χ1) is 11.8. The quantitative estimate of drug-likeness (QED) is 0.342. The monoisotopic (exact) mass is 360 g/mol. The molecule has 0 nitrogen and oxygen atoms in total. The van der Waals surface area contributed by atoms with Crippen molar-refractivity contribution in [2.45, 2.75) is 33.5 Å². The normalized spacial score (nSPS) is 12.2. The highest BCUT2D eigenvalue weighted by Crippen LogP contribution is 2.38. The van der Waals surface area contributed by atoms with Gasteiger partial charge in [0.2, 0.25) is 0 Å². The molecule has 126 valence electrons. The van der Waals surface area contributed by atoms with E-state index < -0.39 is 8.07 Å². The van der Waals surface area contributed by atoms with E-state index in [0.29, 0.717) is 0 Å². The van der Waals surface area contributed by atoms with Crippen molar-refractivity contribution in [1.29, 1.82) is 0 Å². The minimum absolute atomic E-state index is 1.23. The highest BCUT2D eigenvalue weighted by atomic mass is 32.1. The lowest BCUT2D eigenvalue weighted by molar-refractivity contribution is 1.39. The van der Waals surface area contributed by atoms with E-state index in [1.165, 1.54) is 47.6 Å². The van der Waals surface area contributed by atoms with Gasteiger partial charge in [-0.1, -0.05) is 73.4 Å². The SMILES string of the molecule is Cc1ccc2c(sc3cc(-c4ccc([Si](C)(C)C)cc4)ccc32)c1C. The minimum atomic E-state index is -1.23.